The van der Waals surface area contributed by atoms with E-state index in [9.17, 15) is 0 Å². The summed E-state index contributed by atoms with van der Waals surface area (Å²) in [5.41, 5.74) is 1.43. The third-order valence-electron chi connectivity index (χ3n) is 4.24. The molecule has 0 spiro atoms. The van der Waals surface area contributed by atoms with E-state index >= 15 is 0 Å². The van der Waals surface area contributed by atoms with Crippen LogP contribution in [0.3, 0.4) is 0 Å². The second-order valence-corrected chi connectivity index (χ2v) is 6.52. The first kappa shape index (κ1) is 15.8. The number of ether oxygens (including phenoxy) is 3. The van der Waals surface area contributed by atoms with Crippen molar-refractivity contribution in [2.24, 2.45) is 5.41 Å². The maximum absolute atomic E-state index is 5.40. The van der Waals surface area contributed by atoms with Gasteiger partial charge in [0.05, 0.1) is 21.3 Å². The molecule has 0 aliphatic heterocycles. The van der Waals surface area contributed by atoms with Crippen LogP contribution in [-0.4, -0.2) is 27.4 Å². The Morgan fingerprint density at radius 1 is 1.05 bits per heavy atom. The number of anilines is 1. The first-order valence-electron chi connectivity index (χ1n) is 7.55. The molecule has 1 N–H and O–H groups in total. The Bertz CT molecular complexity index is 460. The zero-order valence-corrected chi connectivity index (χ0v) is 13.8. The predicted octanol–water partition coefficient (Wildman–Crippen LogP) is 4.09. The lowest BCUT2D eigenvalue weighted by molar-refractivity contribution is 0.229. The number of methoxy groups -OCH3 is 3. The van der Waals surface area contributed by atoms with Crippen molar-refractivity contribution in [1.82, 2.24) is 0 Å². The molecule has 2 rings (SSSR count). The normalized spacial score (nSPS) is 20.7. The van der Waals surface area contributed by atoms with E-state index in [0.717, 1.165) is 5.69 Å². The molecule has 0 aromatic heterocycles. The van der Waals surface area contributed by atoms with Gasteiger partial charge in [-0.2, -0.15) is 0 Å². The highest BCUT2D eigenvalue weighted by molar-refractivity contribution is 5.62. The van der Waals surface area contributed by atoms with Crippen molar-refractivity contribution in [3.05, 3.63) is 12.1 Å². The van der Waals surface area contributed by atoms with Crippen molar-refractivity contribution in [2.45, 2.75) is 45.6 Å². The summed E-state index contributed by atoms with van der Waals surface area (Å²) in [6.07, 6.45) is 4.97. The van der Waals surface area contributed by atoms with Crippen molar-refractivity contribution in [3.8, 4) is 17.2 Å². The van der Waals surface area contributed by atoms with Gasteiger partial charge in [0.25, 0.3) is 0 Å². The number of hydrogen-bond acceptors (Lipinski definition) is 4. The standard InChI is InChI=1S/C17H27NO3/c1-17(2)8-6-7-12(11-17)18-13-9-14(19-3)16(21-5)15(10-13)20-4/h9-10,12,18H,6-8,11H2,1-5H3. The smallest absolute Gasteiger partial charge is 0.203 e. The Balaban J connectivity index is 2.20. The fourth-order valence-corrected chi connectivity index (χ4v) is 3.22. The van der Waals surface area contributed by atoms with Crippen LogP contribution in [0.25, 0.3) is 0 Å². The maximum Gasteiger partial charge on any atom is 0.203 e. The van der Waals surface area contributed by atoms with Gasteiger partial charge >= 0.3 is 0 Å². The van der Waals surface area contributed by atoms with Crippen molar-refractivity contribution in [3.63, 3.8) is 0 Å². The Labute approximate surface area is 127 Å². The Morgan fingerprint density at radius 2 is 1.67 bits per heavy atom. The quantitative estimate of drug-likeness (QED) is 0.887. The van der Waals surface area contributed by atoms with Gasteiger partial charge in [-0.25, -0.2) is 0 Å². The van der Waals surface area contributed by atoms with E-state index < -0.39 is 0 Å². The van der Waals surface area contributed by atoms with E-state index in [0.29, 0.717) is 28.7 Å². The van der Waals surface area contributed by atoms with Crippen LogP contribution >= 0.6 is 0 Å². The van der Waals surface area contributed by atoms with Gasteiger partial charge in [-0.3, -0.25) is 0 Å². The average molecular weight is 293 g/mol. The minimum absolute atomic E-state index is 0.413. The fourth-order valence-electron chi connectivity index (χ4n) is 3.22. The van der Waals surface area contributed by atoms with Crippen LogP contribution in [-0.2, 0) is 0 Å². The first-order chi connectivity index (χ1) is 9.99. The molecule has 1 aromatic carbocycles. The van der Waals surface area contributed by atoms with Crippen LogP contribution in [0.4, 0.5) is 5.69 Å². The van der Waals surface area contributed by atoms with E-state index in [1.54, 1.807) is 21.3 Å². The van der Waals surface area contributed by atoms with Gasteiger partial charge in [0.1, 0.15) is 0 Å². The van der Waals surface area contributed by atoms with Crippen LogP contribution in [0.2, 0.25) is 0 Å². The molecule has 21 heavy (non-hydrogen) atoms. The van der Waals surface area contributed by atoms with E-state index in [-0.39, 0.29) is 0 Å². The highest BCUT2D eigenvalue weighted by Gasteiger charge is 2.28. The molecule has 1 unspecified atom stereocenters. The van der Waals surface area contributed by atoms with Gasteiger partial charge < -0.3 is 19.5 Å². The zero-order valence-electron chi connectivity index (χ0n) is 13.8. The molecule has 1 aliphatic rings. The molecule has 1 atom stereocenters. The molecule has 1 fully saturated rings. The highest BCUT2D eigenvalue weighted by atomic mass is 16.5. The number of benzene rings is 1. The second kappa shape index (κ2) is 6.46. The van der Waals surface area contributed by atoms with Crippen LogP contribution in [0, 0.1) is 5.41 Å². The molecule has 1 aliphatic carbocycles. The third-order valence-corrected chi connectivity index (χ3v) is 4.24. The zero-order chi connectivity index (χ0) is 15.5. The van der Waals surface area contributed by atoms with E-state index in [1.807, 2.05) is 12.1 Å². The molecule has 0 bridgehead atoms. The minimum atomic E-state index is 0.413. The van der Waals surface area contributed by atoms with Crippen molar-refractivity contribution in [2.75, 3.05) is 26.6 Å². The average Bonchev–Trinajstić information content (AvgIpc) is 2.45. The first-order valence-corrected chi connectivity index (χ1v) is 7.55. The van der Waals surface area contributed by atoms with Gasteiger partial charge in [0.15, 0.2) is 11.5 Å². The van der Waals surface area contributed by atoms with Crippen LogP contribution < -0.4 is 19.5 Å². The molecule has 4 nitrogen and oxygen atoms in total. The SMILES string of the molecule is COc1cc(NC2CCCC(C)(C)C2)cc(OC)c1OC. The molecule has 1 aromatic rings. The van der Waals surface area contributed by atoms with Crippen LogP contribution in [0.15, 0.2) is 12.1 Å². The number of nitrogens with one attached hydrogen (secondary N) is 1. The number of rotatable bonds is 5. The Kier molecular flexibility index (Phi) is 4.86. The molecule has 4 heteroatoms. The largest absolute Gasteiger partial charge is 0.493 e. The molecular formula is C17H27NO3. The molecule has 0 heterocycles. The summed E-state index contributed by atoms with van der Waals surface area (Å²) in [5, 5.41) is 3.62. The lowest BCUT2D eigenvalue weighted by Gasteiger charge is -2.36. The van der Waals surface area contributed by atoms with Crippen LogP contribution in [0.1, 0.15) is 39.5 Å². The van der Waals surface area contributed by atoms with Crippen molar-refractivity contribution in [1.29, 1.82) is 0 Å². The van der Waals surface area contributed by atoms with Gasteiger partial charge in [-0.1, -0.05) is 20.3 Å². The summed E-state index contributed by atoms with van der Waals surface area (Å²) in [6, 6.07) is 4.45. The summed E-state index contributed by atoms with van der Waals surface area (Å²) in [6.45, 7) is 4.69. The summed E-state index contributed by atoms with van der Waals surface area (Å²) >= 11 is 0. The molecule has 1 saturated carbocycles. The summed E-state index contributed by atoms with van der Waals surface area (Å²) in [7, 11) is 4.91. The lowest BCUT2D eigenvalue weighted by Crippen LogP contribution is -2.31. The monoisotopic (exact) mass is 293 g/mol. The predicted molar refractivity (Wildman–Crippen MR) is 85.8 cm³/mol. The van der Waals surface area contributed by atoms with Gasteiger partial charge in [-0.15, -0.1) is 0 Å². The fraction of sp³-hybridized carbons (Fsp3) is 0.647. The highest BCUT2D eigenvalue weighted by Crippen LogP contribution is 2.41. The Hall–Kier alpha value is -1.58. The second-order valence-electron chi connectivity index (χ2n) is 6.52. The summed E-state index contributed by atoms with van der Waals surface area (Å²) in [5.74, 6) is 2.01. The molecule has 0 radical (unpaired) electrons. The lowest BCUT2D eigenvalue weighted by atomic mass is 9.75. The van der Waals surface area contributed by atoms with E-state index in [4.69, 9.17) is 14.2 Å². The number of hydrogen-bond donors (Lipinski definition) is 1. The van der Waals surface area contributed by atoms with Crippen molar-refractivity contribution >= 4 is 5.69 Å². The van der Waals surface area contributed by atoms with Crippen molar-refractivity contribution < 1.29 is 14.2 Å². The summed E-state index contributed by atoms with van der Waals surface area (Å²) < 4.78 is 16.2. The summed E-state index contributed by atoms with van der Waals surface area (Å²) in [4.78, 5) is 0. The molecular weight excluding hydrogens is 266 g/mol. The maximum atomic E-state index is 5.40. The third kappa shape index (κ3) is 3.74. The van der Waals surface area contributed by atoms with Gasteiger partial charge in [0.2, 0.25) is 5.75 Å². The molecule has 118 valence electrons. The Morgan fingerprint density at radius 3 is 2.14 bits per heavy atom. The van der Waals surface area contributed by atoms with E-state index in [1.165, 1.54) is 25.7 Å². The van der Waals surface area contributed by atoms with Crippen LogP contribution in [0.5, 0.6) is 17.2 Å². The van der Waals surface area contributed by atoms with E-state index in [2.05, 4.69) is 19.2 Å². The minimum Gasteiger partial charge on any atom is -0.493 e. The topological polar surface area (TPSA) is 39.7 Å². The molecule has 0 amide bonds. The van der Waals surface area contributed by atoms with Gasteiger partial charge in [-0.05, 0) is 24.7 Å². The molecule has 0 saturated heterocycles. The van der Waals surface area contributed by atoms with Gasteiger partial charge in [0, 0.05) is 23.9 Å².